The molecule has 0 unspecified atom stereocenters. The first kappa shape index (κ1) is 26.5. The van der Waals surface area contributed by atoms with Crippen LogP contribution in [0.25, 0.3) is 106 Å². The van der Waals surface area contributed by atoms with Crippen LogP contribution in [0.3, 0.4) is 0 Å². The molecule has 2 heteroatoms. The molecule has 11 rings (SSSR count). The van der Waals surface area contributed by atoms with Gasteiger partial charge >= 0.3 is 0 Å². The van der Waals surface area contributed by atoms with Crippen molar-refractivity contribution < 1.29 is 0 Å². The van der Waals surface area contributed by atoms with E-state index in [1.807, 2.05) is 22.7 Å². The van der Waals surface area contributed by atoms with Gasteiger partial charge in [-0.2, -0.15) is 0 Å². The first-order valence-corrected chi connectivity index (χ1v) is 18.1. The highest BCUT2D eigenvalue weighted by molar-refractivity contribution is 7.28. The van der Waals surface area contributed by atoms with Gasteiger partial charge in [-0.15, -0.1) is 22.7 Å². The maximum Gasteiger partial charge on any atom is 0.0440 e. The van der Waals surface area contributed by atoms with Crippen molar-refractivity contribution in [2.24, 2.45) is 0 Å². The van der Waals surface area contributed by atoms with Crippen LogP contribution in [-0.2, 0) is 0 Å². The Bertz CT molecular complexity index is 3060. The summed E-state index contributed by atoms with van der Waals surface area (Å²) in [4.78, 5) is 0. The van der Waals surface area contributed by atoms with Gasteiger partial charge in [0.05, 0.1) is 0 Å². The van der Waals surface area contributed by atoms with Crippen molar-refractivity contribution in [3.05, 3.63) is 158 Å². The van der Waals surface area contributed by atoms with Crippen molar-refractivity contribution in [2.75, 3.05) is 0 Å². The van der Waals surface area contributed by atoms with Gasteiger partial charge < -0.3 is 0 Å². The van der Waals surface area contributed by atoms with E-state index in [2.05, 4.69) is 158 Å². The highest BCUT2D eigenvalue weighted by Gasteiger charge is 2.19. The summed E-state index contributed by atoms with van der Waals surface area (Å²) >= 11 is 3.83. The molecule has 0 nitrogen and oxygen atoms in total. The maximum atomic E-state index is 2.45. The lowest BCUT2D eigenvalue weighted by atomic mass is 9.85. The molecule has 9 aromatic carbocycles. The Morgan fingerprint density at radius 1 is 0.292 bits per heavy atom. The van der Waals surface area contributed by atoms with E-state index in [0.717, 1.165) is 0 Å². The summed E-state index contributed by atoms with van der Waals surface area (Å²) in [5, 5.41) is 15.8. The van der Waals surface area contributed by atoms with E-state index >= 15 is 0 Å². The third kappa shape index (κ3) is 3.70. The van der Waals surface area contributed by atoms with Crippen LogP contribution in [0.2, 0.25) is 0 Å². The number of thiophene rings is 2. The summed E-state index contributed by atoms with van der Waals surface area (Å²) in [7, 11) is 0. The van der Waals surface area contributed by atoms with Gasteiger partial charge in [-0.1, -0.05) is 127 Å². The molecule has 0 amide bonds. The molecule has 2 heterocycles. The molecule has 11 aromatic rings. The summed E-state index contributed by atoms with van der Waals surface area (Å²) in [5.41, 5.74) is 5.13. The molecule has 0 saturated carbocycles. The first-order valence-electron chi connectivity index (χ1n) is 16.4. The minimum atomic E-state index is 1.26. The molecular formula is C46H26S2. The summed E-state index contributed by atoms with van der Waals surface area (Å²) in [5.74, 6) is 0. The van der Waals surface area contributed by atoms with Crippen LogP contribution in [0.4, 0.5) is 0 Å². The van der Waals surface area contributed by atoms with E-state index in [9.17, 15) is 0 Å². The molecule has 0 radical (unpaired) electrons. The molecule has 0 aliphatic rings. The predicted octanol–water partition coefficient (Wildman–Crippen LogP) is 14.4. The van der Waals surface area contributed by atoms with Crippen LogP contribution in [0.5, 0.6) is 0 Å². The third-order valence-electron chi connectivity index (χ3n) is 10.2. The van der Waals surface area contributed by atoms with Gasteiger partial charge in [-0.3, -0.25) is 0 Å². The fraction of sp³-hybridized carbons (Fsp3) is 0. The Hall–Kier alpha value is -5.54. The number of benzene rings is 9. The maximum absolute atomic E-state index is 2.45. The molecule has 0 N–H and O–H groups in total. The lowest BCUT2D eigenvalue weighted by Gasteiger charge is -2.18. The van der Waals surface area contributed by atoms with Gasteiger partial charge in [-0.25, -0.2) is 0 Å². The molecule has 0 aliphatic carbocycles. The van der Waals surface area contributed by atoms with Crippen LogP contribution >= 0.6 is 22.7 Å². The fourth-order valence-corrected chi connectivity index (χ4v) is 10.5. The highest BCUT2D eigenvalue weighted by Crippen LogP contribution is 2.48. The summed E-state index contributed by atoms with van der Waals surface area (Å²) in [6.07, 6.45) is 0. The minimum absolute atomic E-state index is 1.26. The van der Waals surface area contributed by atoms with Crippen molar-refractivity contribution in [3.8, 4) is 22.3 Å². The van der Waals surface area contributed by atoms with Crippen LogP contribution in [0.1, 0.15) is 0 Å². The van der Waals surface area contributed by atoms with E-state index in [1.54, 1.807) is 0 Å². The summed E-state index contributed by atoms with van der Waals surface area (Å²) < 4.78 is 5.43. The van der Waals surface area contributed by atoms with Gasteiger partial charge in [-0.05, 0) is 90.3 Å². The molecule has 0 atom stereocenters. The van der Waals surface area contributed by atoms with E-state index < -0.39 is 0 Å². The molecule has 0 fully saturated rings. The SMILES string of the molecule is c1ccc2cc(-c3c4ccccc4c(-c4ccc5sc6c(ccc7ccc8sc9ccccc9c8c76)c5c4)c4ccccc34)ccc2c1. The van der Waals surface area contributed by atoms with Crippen molar-refractivity contribution in [1.29, 1.82) is 0 Å². The van der Waals surface area contributed by atoms with E-state index in [1.165, 1.54) is 106 Å². The topological polar surface area (TPSA) is 0 Å². The smallest absolute Gasteiger partial charge is 0.0440 e. The third-order valence-corrected chi connectivity index (χ3v) is 12.6. The van der Waals surface area contributed by atoms with Gasteiger partial charge in [0.15, 0.2) is 0 Å². The second kappa shape index (κ2) is 9.98. The zero-order chi connectivity index (χ0) is 31.3. The zero-order valence-corrected chi connectivity index (χ0v) is 27.5. The molecule has 2 aromatic heterocycles. The zero-order valence-electron chi connectivity index (χ0n) is 25.8. The predicted molar refractivity (Wildman–Crippen MR) is 213 cm³/mol. The first-order chi connectivity index (χ1) is 23.8. The summed E-state index contributed by atoms with van der Waals surface area (Å²) in [6.45, 7) is 0. The number of hydrogen-bond acceptors (Lipinski definition) is 2. The molecular weight excluding hydrogens is 617 g/mol. The highest BCUT2D eigenvalue weighted by atomic mass is 32.1. The normalized spacial score (nSPS) is 12.2. The Kier molecular flexibility index (Phi) is 5.51. The monoisotopic (exact) mass is 642 g/mol. The molecule has 0 bridgehead atoms. The van der Waals surface area contributed by atoms with Crippen LogP contribution in [0, 0.1) is 0 Å². The van der Waals surface area contributed by atoms with E-state index in [0.29, 0.717) is 0 Å². The molecule has 0 aliphatic heterocycles. The number of hydrogen-bond donors (Lipinski definition) is 0. The molecule has 0 spiro atoms. The van der Waals surface area contributed by atoms with Gasteiger partial charge in [0.1, 0.15) is 0 Å². The Morgan fingerprint density at radius 3 is 1.58 bits per heavy atom. The average Bonchev–Trinajstić information content (AvgIpc) is 3.72. The quantitative estimate of drug-likeness (QED) is 0.165. The largest absolute Gasteiger partial charge is 0.135 e. The van der Waals surface area contributed by atoms with E-state index in [4.69, 9.17) is 0 Å². The van der Waals surface area contributed by atoms with Crippen molar-refractivity contribution in [1.82, 2.24) is 0 Å². The average molecular weight is 643 g/mol. The van der Waals surface area contributed by atoms with Gasteiger partial charge in [0, 0.05) is 45.7 Å². The van der Waals surface area contributed by atoms with Crippen molar-refractivity contribution in [2.45, 2.75) is 0 Å². The lowest BCUT2D eigenvalue weighted by molar-refractivity contribution is 1.69. The molecule has 48 heavy (non-hydrogen) atoms. The Labute approximate surface area is 284 Å². The Balaban J connectivity index is 1.21. The second-order valence-corrected chi connectivity index (χ2v) is 14.9. The van der Waals surface area contributed by atoms with Crippen molar-refractivity contribution in [3.63, 3.8) is 0 Å². The summed E-state index contributed by atoms with van der Waals surface area (Å²) in [6, 6.07) is 58.8. The molecule has 0 saturated heterocycles. The van der Waals surface area contributed by atoms with Gasteiger partial charge in [0.2, 0.25) is 0 Å². The second-order valence-electron chi connectivity index (χ2n) is 12.8. The minimum Gasteiger partial charge on any atom is -0.135 e. The fourth-order valence-electron chi connectivity index (χ4n) is 8.11. The molecule has 222 valence electrons. The Morgan fingerprint density at radius 2 is 0.833 bits per heavy atom. The van der Waals surface area contributed by atoms with Crippen LogP contribution in [0.15, 0.2) is 158 Å². The van der Waals surface area contributed by atoms with Crippen molar-refractivity contribution >= 4 is 106 Å². The van der Waals surface area contributed by atoms with E-state index in [-0.39, 0.29) is 0 Å². The number of rotatable bonds is 2. The lowest BCUT2D eigenvalue weighted by Crippen LogP contribution is -1.91. The van der Waals surface area contributed by atoms with Gasteiger partial charge in [0.25, 0.3) is 0 Å². The van der Waals surface area contributed by atoms with Crippen LogP contribution in [-0.4, -0.2) is 0 Å². The number of fused-ring (bicyclic) bond motifs is 12. The van der Waals surface area contributed by atoms with Crippen LogP contribution < -0.4 is 0 Å². The standard InChI is InChI=1S/C46H26S2/c1-2-10-29-25-30(18-17-27(29)9-1)42-32-11-3-5-13-34(32)43(35-14-6-4-12-33(35)42)31-21-23-40-38(26-31)36-22-19-28-20-24-41-45(44(28)46(36)48-40)37-15-7-8-16-39(37)47-41/h1-26H.